The van der Waals surface area contributed by atoms with Crippen LogP contribution in [0, 0.1) is 12.8 Å². The van der Waals surface area contributed by atoms with Crippen LogP contribution in [0.2, 0.25) is 0 Å². The highest BCUT2D eigenvalue weighted by Crippen LogP contribution is 2.33. The van der Waals surface area contributed by atoms with Gasteiger partial charge >= 0.3 is 0 Å². The topological polar surface area (TPSA) is 35.2 Å². The second-order valence-corrected chi connectivity index (χ2v) is 5.78. The van der Waals surface area contributed by atoms with E-state index in [0.29, 0.717) is 17.9 Å². The molecule has 1 aromatic rings. The number of hydrogen-bond donors (Lipinski definition) is 1. The molecule has 0 heterocycles. The van der Waals surface area contributed by atoms with Crippen molar-refractivity contribution in [3.63, 3.8) is 0 Å². The van der Waals surface area contributed by atoms with Gasteiger partial charge in [0, 0.05) is 5.92 Å². The van der Waals surface area contributed by atoms with Gasteiger partial charge in [0.05, 0.1) is 0 Å². The zero-order valence-corrected chi connectivity index (χ0v) is 11.8. The van der Waals surface area contributed by atoms with Crippen molar-refractivity contribution >= 4 is 0 Å². The van der Waals surface area contributed by atoms with E-state index in [-0.39, 0.29) is 0 Å². The van der Waals surface area contributed by atoms with Crippen LogP contribution < -0.4 is 10.5 Å². The molecule has 0 bridgehead atoms. The summed E-state index contributed by atoms with van der Waals surface area (Å²) >= 11 is 0. The zero-order valence-electron chi connectivity index (χ0n) is 11.8. The monoisotopic (exact) mass is 247 g/mol. The van der Waals surface area contributed by atoms with Crippen molar-refractivity contribution in [1.29, 1.82) is 0 Å². The van der Waals surface area contributed by atoms with Gasteiger partial charge in [-0.25, -0.2) is 0 Å². The van der Waals surface area contributed by atoms with Crippen LogP contribution in [0.25, 0.3) is 0 Å². The Bertz CT molecular complexity index is 400. The Morgan fingerprint density at radius 1 is 1.33 bits per heavy atom. The van der Waals surface area contributed by atoms with Gasteiger partial charge in [-0.15, -0.1) is 0 Å². The molecular formula is C16H25NO. The summed E-state index contributed by atoms with van der Waals surface area (Å²) in [5.74, 6) is 2.10. The molecule has 2 N–H and O–H groups in total. The van der Waals surface area contributed by atoms with Gasteiger partial charge in [0.25, 0.3) is 0 Å². The highest BCUT2D eigenvalue weighted by atomic mass is 16.5. The molecule has 2 heteroatoms. The fourth-order valence-electron chi connectivity index (χ4n) is 2.81. The van der Waals surface area contributed by atoms with E-state index in [1.807, 2.05) is 0 Å². The van der Waals surface area contributed by atoms with Gasteiger partial charge in [-0.1, -0.05) is 26.0 Å². The standard InChI is InChI=1S/C16H25NO/c1-11(2)14-8-7-12(3)9-16(14)18-15-6-4-5-13(15)10-17/h7-9,11,13,15H,4-6,10,17H2,1-3H3. The van der Waals surface area contributed by atoms with Crippen molar-refractivity contribution in [1.82, 2.24) is 0 Å². The van der Waals surface area contributed by atoms with Gasteiger partial charge in [-0.3, -0.25) is 0 Å². The minimum atomic E-state index is 0.314. The molecule has 2 rings (SSSR count). The van der Waals surface area contributed by atoms with E-state index in [1.54, 1.807) is 0 Å². The fraction of sp³-hybridized carbons (Fsp3) is 0.625. The lowest BCUT2D eigenvalue weighted by Gasteiger charge is -2.23. The molecule has 2 unspecified atom stereocenters. The quantitative estimate of drug-likeness (QED) is 0.882. The largest absolute Gasteiger partial charge is 0.490 e. The predicted molar refractivity (Wildman–Crippen MR) is 76.1 cm³/mol. The van der Waals surface area contributed by atoms with Crippen LogP contribution in [-0.4, -0.2) is 12.6 Å². The number of aryl methyl sites for hydroxylation is 1. The van der Waals surface area contributed by atoms with Crippen molar-refractivity contribution in [3.05, 3.63) is 29.3 Å². The van der Waals surface area contributed by atoms with Gasteiger partial charge < -0.3 is 10.5 Å². The lowest BCUT2D eigenvalue weighted by molar-refractivity contribution is 0.160. The van der Waals surface area contributed by atoms with Gasteiger partial charge in [-0.05, 0) is 55.8 Å². The van der Waals surface area contributed by atoms with Crippen molar-refractivity contribution in [3.8, 4) is 5.75 Å². The summed E-state index contributed by atoms with van der Waals surface area (Å²) in [6.07, 6.45) is 3.92. The molecule has 0 aromatic heterocycles. The molecule has 1 aliphatic rings. The maximum Gasteiger partial charge on any atom is 0.123 e. The highest BCUT2D eigenvalue weighted by Gasteiger charge is 2.28. The number of benzene rings is 1. The van der Waals surface area contributed by atoms with E-state index in [1.165, 1.54) is 24.0 Å². The number of hydrogen-bond acceptors (Lipinski definition) is 2. The van der Waals surface area contributed by atoms with Gasteiger partial charge in [0.1, 0.15) is 11.9 Å². The maximum atomic E-state index is 6.27. The molecule has 0 aliphatic heterocycles. The third kappa shape index (κ3) is 2.86. The summed E-state index contributed by atoms with van der Waals surface area (Å²) in [5.41, 5.74) is 8.40. The van der Waals surface area contributed by atoms with Crippen LogP contribution in [0.4, 0.5) is 0 Å². The Morgan fingerprint density at radius 2 is 2.11 bits per heavy atom. The molecule has 1 saturated carbocycles. The molecule has 1 fully saturated rings. The molecule has 1 aliphatic carbocycles. The van der Waals surface area contributed by atoms with Crippen molar-refractivity contribution < 1.29 is 4.74 Å². The lowest BCUT2D eigenvalue weighted by atomic mass is 10.00. The molecule has 2 atom stereocenters. The van der Waals surface area contributed by atoms with E-state index in [0.717, 1.165) is 18.7 Å². The first kappa shape index (κ1) is 13.4. The molecule has 2 nitrogen and oxygen atoms in total. The average molecular weight is 247 g/mol. The third-order valence-corrected chi connectivity index (χ3v) is 3.96. The molecule has 1 aromatic carbocycles. The second-order valence-electron chi connectivity index (χ2n) is 5.78. The molecule has 18 heavy (non-hydrogen) atoms. The summed E-state index contributed by atoms with van der Waals surface area (Å²) in [6, 6.07) is 6.53. The summed E-state index contributed by atoms with van der Waals surface area (Å²) in [4.78, 5) is 0. The summed E-state index contributed by atoms with van der Waals surface area (Å²) in [5, 5.41) is 0. The maximum absolute atomic E-state index is 6.27. The second kappa shape index (κ2) is 5.75. The summed E-state index contributed by atoms with van der Waals surface area (Å²) in [6.45, 7) is 7.29. The Balaban J connectivity index is 2.19. The van der Waals surface area contributed by atoms with E-state index in [4.69, 9.17) is 10.5 Å². The first-order chi connectivity index (χ1) is 8.61. The first-order valence-electron chi connectivity index (χ1n) is 7.09. The van der Waals surface area contributed by atoms with Crippen LogP contribution in [-0.2, 0) is 0 Å². The molecule has 0 saturated heterocycles. The van der Waals surface area contributed by atoms with Crippen LogP contribution in [0.15, 0.2) is 18.2 Å². The minimum Gasteiger partial charge on any atom is -0.490 e. The normalized spacial score (nSPS) is 23.6. The third-order valence-electron chi connectivity index (χ3n) is 3.96. The van der Waals surface area contributed by atoms with E-state index in [2.05, 4.69) is 39.0 Å². The summed E-state index contributed by atoms with van der Waals surface area (Å²) in [7, 11) is 0. The smallest absolute Gasteiger partial charge is 0.123 e. The van der Waals surface area contributed by atoms with Gasteiger partial charge in [-0.2, -0.15) is 0 Å². The summed E-state index contributed by atoms with van der Waals surface area (Å²) < 4.78 is 6.27. The van der Waals surface area contributed by atoms with Crippen molar-refractivity contribution in [2.24, 2.45) is 11.7 Å². The number of rotatable bonds is 4. The van der Waals surface area contributed by atoms with E-state index < -0.39 is 0 Å². The Kier molecular flexibility index (Phi) is 4.28. The van der Waals surface area contributed by atoms with Crippen LogP contribution in [0.5, 0.6) is 5.75 Å². The van der Waals surface area contributed by atoms with E-state index >= 15 is 0 Å². The van der Waals surface area contributed by atoms with Gasteiger partial charge in [0.2, 0.25) is 0 Å². The molecule has 0 spiro atoms. The molecular weight excluding hydrogens is 222 g/mol. The number of ether oxygens (including phenoxy) is 1. The Labute approximate surface area is 111 Å². The zero-order chi connectivity index (χ0) is 13.1. The molecule has 0 amide bonds. The first-order valence-corrected chi connectivity index (χ1v) is 7.09. The SMILES string of the molecule is Cc1ccc(C(C)C)c(OC2CCCC2CN)c1. The van der Waals surface area contributed by atoms with Crippen molar-refractivity contribution in [2.75, 3.05) is 6.54 Å². The number of nitrogens with two attached hydrogens (primary N) is 1. The Hall–Kier alpha value is -1.02. The average Bonchev–Trinajstić information content (AvgIpc) is 2.76. The highest BCUT2D eigenvalue weighted by molar-refractivity contribution is 5.39. The van der Waals surface area contributed by atoms with Crippen LogP contribution in [0.3, 0.4) is 0 Å². The fourth-order valence-corrected chi connectivity index (χ4v) is 2.81. The van der Waals surface area contributed by atoms with Crippen LogP contribution >= 0.6 is 0 Å². The Morgan fingerprint density at radius 3 is 2.78 bits per heavy atom. The molecule has 0 radical (unpaired) electrons. The molecule has 100 valence electrons. The minimum absolute atomic E-state index is 0.314. The van der Waals surface area contributed by atoms with Gasteiger partial charge in [0.15, 0.2) is 0 Å². The van der Waals surface area contributed by atoms with E-state index in [9.17, 15) is 0 Å². The van der Waals surface area contributed by atoms with Crippen LogP contribution in [0.1, 0.15) is 50.2 Å². The lowest BCUT2D eigenvalue weighted by Crippen LogP contribution is -2.28. The predicted octanol–water partition coefficient (Wildman–Crippen LogP) is 3.62. The van der Waals surface area contributed by atoms with Crippen molar-refractivity contribution in [2.45, 2.75) is 52.1 Å².